The van der Waals surface area contributed by atoms with Gasteiger partial charge in [0.15, 0.2) is 0 Å². The zero-order chi connectivity index (χ0) is 20.1. The van der Waals surface area contributed by atoms with Gasteiger partial charge < -0.3 is 4.74 Å². The van der Waals surface area contributed by atoms with Crippen LogP contribution in [0.1, 0.15) is 47.8 Å². The van der Waals surface area contributed by atoms with Crippen molar-refractivity contribution in [1.82, 2.24) is 9.13 Å². The molecule has 6 nitrogen and oxygen atoms in total. The number of nitrogens with zero attached hydrogens (tertiary/aromatic N) is 2. The number of thiophene rings is 1. The van der Waals surface area contributed by atoms with E-state index in [-0.39, 0.29) is 12.1 Å². The van der Waals surface area contributed by atoms with Crippen LogP contribution in [0.4, 0.5) is 0 Å². The Morgan fingerprint density at radius 1 is 1.11 bits per heavy atom. The molecule has 3 aromatic rings. The number of rotatable bonds is 8. The van der Waals surface area contributed by atoms with Crippen LogP contribution in [0.3, 0.4) is 0 Å². The van der Waals surface area contributed by atoms with E-state index in [1.807, 2.05) is 30.3 Å². The number of carbonyl (C=O) groups excluding carboxylic acids is 1. The minimum absolute atomic E-state index is 0.190. The average Bonchev–Trinajstić information content (AvgIpc) is 3.16. The molecule has 0 bridgehead atoms. The van der Waals surface area contributed by atoms with Gasteiger partial charge in [0.05, 0.1) is 18.5 Å². The predicted molar refractivity (Wildman–Crippen MR) is 111 cm³/mol. The third kappa shape index (κ3) is 4.25. The molecule has 3 rings (SSSR count). The number of ether oxygens (including phenoxy) is 1. The summed E-state index contributed by atoms with van der Waals surface area (Å²) < 4.78 is 7.93. The highest BCUT2D eigenvalue weighted by molar-refractivity contribution is 7.20. The summed E-state index contributed by atoms with van der Waals surface area (Å²) in [6.45, 7) is 2.68. The number of aryl methyl sites for hydroxylation is 1. The molecule has 0 unspecified atom stereocenters. The number of hydrogen-bond donors (Lipinski definition) is 0. The fraction of sp³-hybridized carbons (Fsp3) is 0.381. The van der Waals surface area contributed by atoms with E-state index in [4.69, 9.17) is 4.74 Å². The lowest BCUT2D eigenvalue weighted by atomic mass is 10.2. The zero-order valence-corrected chi connectivity index (χ0v) is 17.0. The molecule has 0 fully saturated rings. The summed E-state index contributed by atoms with van der Waals surface area (Å²) >= 11 is 1.12. The Bertz CT molecular complexity index is 1080. The second-order valence-electron chi connectivity index (χ2n) is 6.74. The summed E-state index contributed by atoms with van der Waals surface area (Å²) in [5, 5.41) is 0.362. The molecule has 0 saturated heterocycles. The van der Waals surface area contributed by atoms with Crippen molar-refractivity contribution in [2.75, 3.05) is 6.61 Å². The fourth-order valence-corrected chi connectivity index (χ4v) is 4.05. The predicted octanol–water partition coefficient (Wildman–Crippen LogP) is 3.55. The number of esters is 1. The van der Waals surface area contributed by atoms with Crippen molar-refractivity contribution in [2.24, 2.45) is 7.05 Å². The Balaban J connectivity index is 1.88. The number of carbonyl (C=O) groups is 1. The third-order valence-corrected chi connectivity index (χ3v) is 5.82. The minimum atomic E-state index is -0.445. The van der Waals surface area contributed by atoms with Crippen molar-refractivity contribution in [3.05, 3.63) is 67.7 Å². The molecule has 0 radical (unpaired) electrons. The average molecular weight is 401 g/mol. The van der Waals surface area contributed by atoms with Crippen LogP contribution in [0.5, 0.6) is 0 Å². The monoisotopic (exact) mass is 400 g/mol. The number of unbranched alkanes of at least 4 members (excludes halogenated alkanes) is 3. The molecule has 2 heterocycles. The Kier molecular flexibility index (Phi) is 6.46. The van der Waals surface area contributed by atoms with Gasteiger partial charge in [-0.3, -0.25) is 13.9 Å². The van der Waals surface area contributed by atoms with Crippen LogP contribution in [0.15, 0.2) is 46.0 Å². The van der Waals surface area contributed by atoms with Crippen LogP contribution >= 0.6 is 11.3 Å². The van der Waals surface area contributed by atoms with Gasteiger partial charge in [0.2, 0.25) is 0 Å². The smallest absolute Gasteiger partial charge is 0.348 e. The second-order valence-corrected chi connectivity index (χ2v) is 7.78. The van der Waals surface area contributed by atoms with E-state index in [0.717, 1.165) is 42.6 Å². The van der Waals surface area contributed by atoms with Gasteiger partial charge in [0.1, 0.15) is 9.71 Å². The molecule has 0 N–H and O–H groups in total. The van der Waals surface area contributed by atoms with Crippen molar-refractivity contribution in [3.8, 4) is 0 Å². The first-order valence-corrected chi connectivity index (χ1v) is 10.3. The molecule has 0 aliphatic carbocycles. The first-order valence-electron chi connectivity index (χ1n) is 9.47. The van der Waals surface area contributed by atoms with Crippen LogP contribution in [0.25, 0.3) is 10.2 Å². The lowest BCUT2D eigenvalue weighted by molar-refractivity contribution is 0.0503. The maximum absolute atomic E-state index is 12.9. The summed E-state index contributed by atoms with van der Waals surface area (Å²) in [5.74, 6) is -0.445. The molecule has 0 atom stereocenters. The summed E-state index contributed by atoms with van der Waals surface area (Å²) in [7, 11) is 1.61. The van der Waals surface area contributed by atoms with Gasteiger partial charge in [0.25, 0.3) is 5.56 Å². The van der Waals surface area contributed by atoms with Gasteiger partial charge in [-0.15, -0.1) is 11.3 Å². The van der Waals surface area contributed by atoms with Crippen molar-refractivity contribution in [3.63, 3.8) is 0 Å². The van der Waals surface area contributed by atoms with E-state index in [9.17, 15) is 14.4 Å². The summed E-state index contributed by atoms with van der Waals surface area (Å²) in [4.78, 5) is 38.7. The van der Waals surface area contributed by atoms with Gasteiger partial charge in [-0.2, -0.15) is 0 Å². The van der Waals surface area contributed by atoms with E-state index >= 15 is 0 Å². The van der Waals surface area contributed by atoms with Gasteiger partial charge in [-0.1, -0.05) is 56.5 Å². The molecule has 0 amide bonds. The highest BCUT2D eigenvalue weighted by atomic mass is 32.1. The Hall–Kier alpha value is -2.67. The SMILES string of the molecule is CCCCCCOC(=O)c1cc2c(=O)n(Cc3ccccc3)c(=O)n(C)c2s1. The Morgan fingerprint density at radius 3 is 2.57 bits per heavy atom. The Morgan fingerprint density at radius 2 is 1.86 bits per heavy atom. The van der Waals surface area contributed by atoms with E-state index in [2.05, 4.69) is 6.92 Å². The molecule has 0 aliphatic rings. The first kappa shape index (κ1) is 20.1. The molecule has 0 spiro atoms. The van der Waals surface area contributed by atoms with Crippen molar-refractivity contribution in [1.29, 1.82) is 0 Å². The third-order valence-electron chi connectivity index (χ3n) is 4.63. The molecule has 148 valence electrons. The van der Waals surface area contributed by atoms with Gasteiger partial charge in [-0.25, -0.2) is 9.59 Å². The van der Waals surface area contributed by atoms with E-state index in [1.165, 1.54) is 15.2 Å². The molecule has 1 aromatic carbocycles. The van der Waals surface area contributed by atoms with Gasteiger partial charge >= 0.3 is 11.7 Å². The van der Waals surface area contributed by atoms with Gasteiger partial charge in [-0.05, 0) is 18.1 Å². The topological polar surface area (TPSA) is 70.3 Å². The molecule has 0 saturated carbocycles. The highest BCUT2D eigenvalue weighted by Crippen LogP contribution is 2.22. The molecule has 0 aliphatic heterocycles. The van der Waals surface area contributed by atoms with Gasteiger partial charge in [0, 0.05) is 7.05 Å². The van der Waals surface area contributed by atoms with Crippen LogP contribution in [0.2, 0.25) is 0 Å². The van der Waals surface area contributed by atoms with E-state index < -0.39 is 11.7 Å². The number of hydrogen-bond acceptors (Lipinski definition) is 5. The standard InChI is InChI=1S/C21H24N2O4S/c1-3-4-5-9-12-27-20(25)17-13-16-18(24)23(14-15-10-7-6-8-11-15)21(26)22(2)19(16)28-17/h6-8,10-11,13H,3-5,9,12,14H2,1-2H3. The molecular formula is C21H24N2O4S. The van der Waals surface area contributed by atoms with Crippen molar-refractivity contribution < 1.29 is 9.53 Å². The number of fused-ring (bicyclic) bond motifs is 1. The molecular weight excluding hydrogens is 376 g/mol. The van der Waals surface area contributed by atoms with Crippen LogP contribution < -0.4 is 11.2 Å². The summed E-state index contributed by atoms with van der Waals surface area (Å²) in [6.07, 6.45) is 4.08. The largest absolute Gasteiger partial charge is 0.462 e. The van der Waals surface area contributed by atoms with E-state index in [1.54, 1.807) is 7.05 Å². The quantitative estimate of drug-likeness (QED) is 0.428. The second kappa shape index (κ2) is 9.01. The first-order chi connectivity index (χ1) is 13.5. The van der Waals surface area contributed by atoms with Crippen LogP contribution in [0, 0.1) is 0 Å². The fourth-order valence-electron chi connectivity index (χ4n) is 3.05. The maximum Gasteiger partial charge on any atom is 0.348 e. The lowest BCUT2D eigenvalue weighted by Gasteiger charge is -2.08. The number of aromatic nitrogens is 2. The molecule has 28 heavy (non-hydrogen) atoms. The summed E-state index contributed by atoms with van der Waals surface area (Å²) in [6, 6.07) is 10.9. The van der Waals surface area contributed by atoms with Crippen molar-refractivity contribution in [2.45, 2.75) is 39.2 Å². The zero-order valence-electron chi connectivity index (χ0n) is 16.1. The van der Waals surface area contributed by atoms with E-state index in [0.29, 0.717) is 21.7 Å². The van der Waals surface area contributed by atoms with Crippen LogP contribution in [-0.2, 0) is 18.3 Å². The lowest BCUT2D eigenvalue weighted by Crippen LogP contribution is -2.38. The normalized spacial score (nSPS) is 11.1. The minimum Gasteiger partial charge on any atom is -0.462 e. The Labute approximate surface area is 167 Å². The van der Waals surface area contributed by atoms with Crippen LogP contribution in [-0.4, -0.2) is 21.7 Å². The number of benzene rings is 1. The molecule has 2 aromatic heterocycles. The van der Waals surface area contributed by atoms with Crippen molar-refractivity contribution >= 4 is 27.5 Å². The highest BCUT2D eigenvalue weighted by Gasteiger charge is 2.18. The molecule has 7 heteroatoms. The maximum atomic E-state index is 12.9. The summed E-state index contributed by atoms with van der Waals surface area (Å²) in [5.41, 5.74) is 0.0749.